The molecule has 0 aliphatic carbocycles. The molecule has 0 radical (unpaired) electrons. The van der Waals surface area contributed by atoms with Crippen LogP contribution in [0.1, 0.15) is 70.7 Å². The second-order valence-electron chi connectivity index (χ2n) is 11.4. The molecule has 1 aliphatic heterocycles. The summed E-state index contributed by atoms with van der Waals surface area (Å²) in [6.45, 7) is 14.3. The molecule has 0 N–H and O–H groups in total. The molecule has 0 saturated carbocycles. The largest absolute Gasteiger partial charge is 0.376 e. The Kier molecular flexibility index (Phi) is 8.81. The number of aryl methyl sites for hydroxylation is 1. The molecule has 1 saturated heterocycles. The van der Waals surface area contributed by atoms with E-state index in [1.165, 1.54) is 0 Å². The van der Waals surface area contributed by atoms with Crippen molar-refractivity contribution in [2.45, 2.75) is 90.9 Å². The van der Waals surface area contributed by atoms with E-state index in [1.54, 1.807) is 10.8 Å². The maximum Gasteiger partial charge on any atom is 0.228 e. The van der Waals surface area contributed by atoms with Gasteiger partial charge in [0, 0.05) is 26.1 Å². The van der Waals surface area contributed by atoms with Crippen molar-refractivity contribution in [1.29, 1.82) is 0 Å². The highest BCUT2D eigenvalue weighted by molar-refractivity contribution is 7.90. The Hall–Kier alpha value is -2.19. The number of hydrogen-bond acceptors (Lipinski definition) is 5. The Bertz CT molecular complexity index is 1110. The van der Waals surface area contributed by atoms with E-state index >= 15 is 0 Å². The van der Waals surface area contributed by atoms with Gasteiger partial charge >= 0.3 is 0 Å². The monoisotopic (exact) mass is 503 g/mol. The summed E-state index contributed by atoms with van der Waals surface area (Å²) in [6.07, 6.45) is 3.98. The smallest absolute Gasteiger partial charge is 0.228 e. The minimum atomic E-state index is -3.67. The first kappa shape index (κ1) is 27.4. The zero-order valence-corrected chi connectivity index (χ0v) is 22.9. The van der Waals surface area contributed by atoms with Crippen molar-refractivity contribution >= 4 is 15.7 Å². The highest BCUT2D eigenvalue weighted by Gasteiger charge is 2.29. The van der Waals surface area contributed by atoms with E-state index in [9.17, 15) is 13.2 Å². The van der Waals surface area contributed by atoms with E-state index in [4.69, 9.17) is 4.74 Å². The van der Waals surface area contributed by atoms with Crippen molar-refractivity contribution in [1.82, 2.24) is 14.5 Å². The van der Waals surface area contributed by atoms with Crippen LogP contribution in [-0.2, 0) is 38.2 Å². The summed E-state index contributed by atoms with van der Waals surface area (Å²) < 4.78 is 34.5. The number of sulfone groups is 1. The Morgan fingerprint density at radius 2 is 2.03 bits per heavy atom. The van der Waals surface area contributed by atoms with Crippen LogP contribution in [0.3, 0.4) is 0 Å². The van der Waals surface area contributed by atoms with E-state index in [0.717, 1.165) is 36.3 Å². The Morgan fingerprint density at radius 1 is 1.29 bits per heavy atom. The zero-order chi connectivity index (χ0) is 25.8. The lowest BCUT2D eigenvalue weighted by molar-refractivity contribution is -0.135. The van der Waals surface area contributed by atoms with Crippen LogP contribution >= 0.6 is 0 Å². The number of nitrogens with zero attached hydrogens (tertiary/aromatic N) is 3. The summed E-state index contributed by atoms with van der Waals surface area (Å²) in [5.74, 6) is 0.161. The number of amides is 1. The summed E-state index contributed by atoms with van der Waals surface area (Å²) in [5.41, 5.74) is 2.35. The second kappa shape index (κ2) is 11.2. The van der Waals surface area contributed by atoms with Gasteiger partial charge in [0.2, 0.25) is 20.9 Å². The quantitative estimate of drug-likeness (QED) is 0.467. The Balaban J connectivity index is 1.92. The molecule has 2 heterocycles. The van der Waals surface area contributed by atoms with Gasteiger partial charge in [0.1, 0.15) is 0 Å². The molecule has 2 aromatic rings. The van der Waals surface area contributed by atoms with Crippen LogP contribution in [0.4, 0.5) is 0 Å². The third-order valence-electron chi connectivity index (χ3n) is 6.00. The minimum absolute atomic E-state index is 0.0184. The van der Waals surface area contributed by atoms with Crippen LogP contribution in [-0.4, -0.2) is 48.0 Å². The molecule has 3 rings (SSSR count). The van der Waals surface area contributed by atoms with Gasteiger partial charge in [0.05, 0.1) is 30.3 Å². The summed E-state index contributed by atoms with van der Waals surface area (Å²) in [7, 11) is -3.67. The number of imidazole rings is 1. The predicted molar refractivity (Wildman–Crippen MR) is 138 cm³/mol. The van der Waals surface area contributed by atoms with E-state index in [-0.39, 0.29) is 34.3 Å². The SMILES string of the molecule is Cc1cccc(CS(=O)(=O)c2ncc(CN(C[C@H]3CCCO3)C(=O)CC(C)(C)C)n2CC(C)C)c1. The molecular formula is C27H41N3O4S. The highest BCUT2D eigenvalue weighted by Crippen LogP contribution is 2.25. The molecular weight excluding hydrogens is 462 g/mol. The molecule has 1 amide bonds. The molecule has 0 bridgehead atoms. The normalized spacial score (nSPS) is 16.7. The van der Waals surface area contributed by atoms with Crippen molar-refractivity contribution in [3.63, 3.8) is 0 Å². The van der Waals surface area contributed by atoms with E-state index < -0.39 is 9.84 Å². The van der Waals surface area contributed by atoms with Crippen molar-refractivity contribution in [3.05, 3.63) is 47.3 Å². The van der Waals surface area contributed by atoms with Gasteiger partial charge in [-0.25, -0.2) is 13.4 Å². The van der Waals surface area contributed by atoms with Crippen LogP contribution < -0.4 is 0 Å². The van der Waals surface area contributed by atoms with Crippen LogP contribution in [0.5, 0.6) is 0 Å². The number of carbonyl (C=O) groups excluding carboxylic acids is 1. The highest BCUT2D eigenvalue weighted by atomic mass is 32.2. The third-order valence-corrected chi connectivity index (χ3v) is 7.60. The summed E-state index contributed by atoms with van der Waals surface area (Å²) in [4.78, 5) is 19.5. The first-order valence-corrected chi connectivity index (χ1v) is 14.2. The first-order valence-electron chi connectivity index (χ1n) is 12.6. The topological polar surface area (TPSA) is 81.5 Å². The molecule has 35 heavy (non-hydrogen) atoms. The molecule has 1 aliphatic rings. The van der Waals surface area contributed by atoms with Crippen LogP contribution in [0, 0.1) is 18.3 Å². The summed E-state index contributed by atoms with van der Waals surface area (Å²) >= 11 is 0. The molecule has 1 aromatic carbocycles. The fourth-order valence-electron chi connectivity index (χ4n) is 4.46. The van der Waals surface area contributed by atoms with E-state index in [1.807, 2.05) is 56.9 Å². The molecule has 1 atom stereocenters. The average Bonchev–Trinajstić information content (AvgIpc) is 3.36. The van der Waals surface area contributed by atoms with Crippen molar-refractivity contribution in [2.75, 3.05) is 13.2 Å². The molecule has 0 unspecified atom stereocenters. The standard InChI is InChI=1S/C27H41N3O4S/c1-20(2)16-30-23(15-28-26(30)35(32,33)19-22-10-7-9-21(3)13-22)17-29(18-24-11-8-12-34-24)25(31)14-27(4,5)6/h7,9-10,13,15,20,24H,8,11-12,14,16-19H2,1-6H3/t24-/m1/s1. The van der Waals surface area contributed by atoms with Crippen LogP contribution in [0.15, 0.2) is 35.6 Å². The molecule has 194 valence electrons. The number of benzene rings is 1. The molecule has 7 nitrogen and oxygen atoms in total. The predicted octanol–water partition coefficient (Wildman–Crippen LogP) is 4.77. The van der Waals surface area contributed by atoms with Crippen LogP contribution in [0.25, 0.3) is 0 Å². The lowest BCUT2D eigenvalue weighted by Gasteiger charge is -2.29. The Labute approximate surface area is 210 Å². The van der Waals surface area contributed by atoms with Crippen molar-refractivity contribution in [2.24, 2.45) is 11.3 Å². The fraction of sp³-hybridized carbons (Fsp3) is 0.630. The number of hydrogen-bond donors (Lipinski definition) is 0. The number of carbonyl (C=O) groups is 1. The number of rotatable bonds is 10. The second-order valence-corrected chi connectivity index (χ2v) is 13.3. The van der Waals surface area contributed by atoms with E-state index in [0.29, 0.717) is 26.1 Å². The number of aromatic nitrogens is 2. The Morgan fingerprint density at radius 3 is 2.63 bits per heavy atom. The first-order chi connectivity index (χ1) is 16.3. The maximum absolute atomic E-state index is 13.4. The zero-order valence-electron chi connectivity index (χ0n) is 22.1. The fourth-order valence-corrected chi connectivity index (χ4v) is 5.95. The lowest BCUT2D eigenvalue weighted by Crippen LogP contribution is -2.39. The molecule has 1 aromatic heterocycles. The summed E-state index contributed by atoms with van der Waals surface area (Å²) in [5, 5.41) is 0.0723. The minimum Gasteiger partial charge on any atom is -0.376 e. The van der Waals surface area contributed by atoms with Gasteiger partial charge in [-0.1, -0.05) is 64.4 Å². The van der Waals surface area contributed by atoms with Gasteiger partial charge < -0.3 is 14.2 Å². The van der Waals surface area contributed by atoms with Crippen LogP contribution in [0.2, 0.25) is 0 Å². The van der Waals surface area contributed by atoms with Gasteiger partial charge in [-0.3, -0.25) is 4.79 Å². The van der Waals surface area contributed by atoms with Gasteiger partial charge in [0.25, 0.3) is 0 Å². The number of ether oxygens (including phenoxy) is 1. The summed E-state index contributed by atoms with van der Waals surface area (Å²) in [6, 6.07) is 7.54. The lowest BCUT2D eigenvalue weighted by atomic mass is 9.91. The third kappa shape index (κ3) is 7.90. The average molecular weight is 504 g/mol. The van der Waals surface area contributed by atoms with Crippen molar-refractivity contribution < 1.29 is 17.9 Å². The maximum atomic E-state index is 13.4. The van der Waals surface area contributed by atoms with Gasteiger partial charge in [-0.15, -0.1) is 0 Å². The van der Waals surface area contributed by atoms with Gasteiger partial charge in [-0.2, -0.15) is 0 Å². The van der Waals surface area contributed by atoms with Gasteiger partial charge in [-0.05, 0) is 36.7 Å². The molecule has 1 fully saturated rings. The molecule has 8 heteroatoms. The van der Waals surface area contributed by atoms with E-state index in [2.05, 4.69) is 18.8 Å². The van der Waals surface area contributed by atoms with Crippen molar-refractivity contribution in [3.8, 4) is 0 Å². The van der Waals surface area contributed by atoms with Gasteiger partial charge in [0.15, 0.2) is 0 Å². The molecule has 0 spiro atoms.